The highest BCUT2D eigenvalue weighted by Gasteiger charge is 2.59. The molecule has 0 saturated carbocycles. The van der Waals surface area contributed by atoms with Crippen molar-refractivity contribution in [3.05, 3.63) is 100 Å². The fraction of sp³-hybridized carbons (Fsp3) is 0.167. The molecular weight excluding hydrogens is 435 g/mol. The summed E-state index contributed by atoms with van der Waals surface area (Å²) in [6, 6.07) is 20.6. The maximum atomic E-state index is 14.3. The average molecular weight is 453 g/mol. The number of nitrogens with zero attached hydrogens (tertiary/aromatic N) is 2. The Hall–Kier alpha value is -2.83. The minimum Gasteiger partial charge on any atom is -0.311 e. The maximum Gasteiger partial charge on any atom is 0.268 e. The molecule has 156 valence electrons. The van der Waals surface area contributed by atoms with E-state index in [1.54, 1.807) is 40.1 Å². The Morgan fingerprint density at radius 3 is 2.55 bits per heavy atom. The third-order valence-corrected chi connectivity index (χ3v) is 7.35. The summed E-state index contributed by atoms with van der Waals surface area (Å²) in [5, 5.41) is 0.528. The molecule has 3 aromatic rings. The van der Waals surface area contributed by atoms with E-state index in [9.17, 15) is 14.0 Å². The van der Waals surface area contributed by atoms with Gasteiger partial charge in [-0.15, -0.1) is 11.8 Å². The largest absolute Gasteiger partial charge is 0.311 e. The SMILES string of the molecule is O=C(c1ccc(Cl)cc1)N1CCSC12C(=O)N(Cc1ccccc1)c1ccc(F)cc12. The lowest BCUT2D eigenvalue weighted by molar-refractivity contribution is -0.123. The summed E-state index contributed by atoms with van der Waals surface area (Å²) < 4.78 is 14.3. The first-order chi connectivity index (χ1) is 15.0. The molecule has 1 unspecified atom stereocenters. The van der Waals surface area contributed by atoms with Crippen molar-refractivity contribution in [1.82, 2.24) is 4.90 Å². The molecule has 31 heavy (non-hydrogen) atoms. The quantitative estimate of drug-likeness (QED) is 0.557. The molecule has 0 aliphatic carbocycles. The minimum atomic E-state index is -1.27. The monoisotopic (exact) mass is 452 g/mol. The van der Waals surface area contributed by atoms with E-state index in [-0.39, 0.29) is 11.8 Å². The van der Waals surface area contributed by atoms with Crippen molar-refractivity contribution in [3.8, 4) is 0 Å². The normalized spacial score (nSPS) is 19.9. The number of thioether (sulfide) groups is 1. The van der Waals surface area contributed by atoms with Crippen LogP contribution in [-0.4, -0.2) is 29.0 Å². The van der Waals surface area contributed by atoms with E-state index in [1.165, 1.54) is 23.9 Å². The van der Waals surface area contributed by atoms with Gasteiger partial charge in [-0.2, -0.15) is 0 Å². The van der Waals surface area contributed by atoms with Gasteiger partial charge in [0.15, 0.2) is 4.87 Å². The number of halogens is 2. The molecule has 0 bridgehead atoms. The van der Waals surface area contributed by atoms with Crippen molar-refractivity contribution < 1.29 is 14.0 Å². The lowest BCUT2D eigenvalue weighted by atomic mass is 10.0. The number of hydrogen-bond donors (Lipinski definition) is 0. The molecule has 2 aliphatic heterocycles. The van der Waals surface area contributed by atoms with Crippen LogP contribution >= 0.6 is 23.4 Å². The third kappa shape index (κ3) is 3.22. The minimum absolute atomic E-state index is 0.221. The number of amides is 2. The lowest BCUT2D eigenvalue weighted by Gasteiger charge is -2.33. The molecule has 0 N–H and O–H groups in total. The second-order valence-electron chi connectivity index (χ2n) is 7.49. The second kappa shape index (κ2) is 7.70. The Morgan fingerprint density at radius 1 is 1.06 bits per heavy atom. The average Bonchev–Trinajstić information content (AvgIpc) is 3.32. The van der Waals surface area contributed by atoms with Crippen LogP contribution in [0.3, 0.4) is 0 Å². The van der Waals surface area contributed by atoms with E-state index in [0.29, 0.717) is 40.7 Å². The van der Waals surface area contributed by atoms with Gasteiger partial charge in [-0.3, -0.25) is 9.59 Å². The van der Waals surface area contributed by atoms with Crippen molar-refractivity contribution in [1.29, 1.82) is 0 Å². The van der Waals surface area contributed by atoms with Gasteiger partial charge in [-0.25, -0.2) is 4.39 Å². The number of benzene rings is 3. The summed E-state index contributed by atoms with van der Waals surface area (Å²) in [5.41, 5.74) is 2.57. The Labute approximate surface area is 188 Å². The van der Waals surface area contributed by atoms with Crippen molar-refractivity contribution in [2.24, 2.45) is 0 Å². The molecule has 0 aromatic heterocycles. The summed E-state index contributed by atoms with van der Waals surface area (Å²) in [7, 11) is 0. The zero-order chi connectivity index (χ0) is 21.6. The van der Waals surface area contributed by atoms with E-state index in [4.69, 9.17) is 11.6 Å². The standard InChI is InChI=1S/C24H18ClFN2O2S/c25-18-8-6-17(7-9-18)22(29)28-12-13-31-24(28)20-14-19(26)10-11-21(20)27(23(24)30)15-16-4-2-1-3-5-16/h1-11,14H,12-13,15H2. The predicted octanol–water partition coefficient (Wildman–Crippen LogP) is 5.07. The summed E-state index contributed by atoms with van der Waals surface area (Å²) in [6.07, 6.45) is 0. The van der Waals surface area contributed by atoms with E-state index >= 15 is 0 Å². The highest BCUT2D eigenvalue weighted by molar-refractivity contribution is 8.01. The molecular formula is C24H18ClFN2O2S. The Kier molecular flexibility index (Phi) is 4.99. The summed E-state index contributed by atoms with van der Waals surface area (Å²) in [4.78, 5) is 29.3. The molecule has 1 saturated heterocycles. The molecule has 0 radical (unpaired) electrons. The second-order valence-corrected chi connectivity index (χ2v) is 9.22. The first-order valence-electron chi connectivity index (χ1n) is 9.88. The Balaban J connectivity index is 1.60. The highest BCUT2D eigenvalue weighted by Crippen LogP contribution is 2.54. The number of anilines is 1. The van der Waals surface area contributed by atoms with Crippen LogP contribution in [-0.2, 0) is 16.2 Å². The molecule has 1 spiro atoms. The van der Waals surface area contributed by atoms with Crippen LogP contribution in [0.25, 0.3) is 0 Å². The predicted molar refractivity (Wildman–Crippen MR) is 121 cm³/mol. The number of fused-ring (bicyclic) bond motifs is 2. The van der Waals surface area contributed by atoms with Crippen LogP contribution in [0.5, 0.6) is 0 Å². The van der Waals surface area contributed by atoms with Gasteiger partial charge in [-0.1, -0.05) is 41.9 Å². The van der Waals surface area contributed by atoms with Gasteiger partial charge < -0.3 is 9.80 Å². The number of carbonyl (C=O) groups is 2. The van der Waals surface area contributed by atoms with Gasteiger partial charge in [0.25, 0.3) is 11.8 Å². The van der Waals surface area contributed by atoms with Crippen LogP contribution in [0.15, 0.2) is 72.8 Å². The first kappa shape index (κ1) is 20.1. The summed E-state index contributed by atoms with van der Waals surface area (Å²) in [5.74, 6) is -0.340. The molecule has 1 fully saturated rings. The van der Waals surface area contributed by atoms with Crippen molar-refractivity contribution in [3.63, 3.8) is 0 Å². The molecule has 7 heteroatoms. The van der Waals surface area contributed by atoms with Crippen LogP contribution in [0.2, 0.25) is 5.02 Å². The van der Waals surface area contributed by atoms with Crippen molar-refractivity contribution in [2.45, 2.75) is 11.4 Å². The van der Waals surface area contributed by atoms with Gasteiger partial charge in [0.2, 0.25) is 0 Å². The van der Waals surface area contributed by atoms with Gasteiger partial charge in [-0.05, 0) is 48.0 Å². The van der Waals surface area contributed by atoms with Gasteiger partial charge >= 0.3 is 0 Å². The van der Waals surface area contributed by atoms with Crippen molar-refractivity contribution in [2.75, 3.05) is 17.2 Å². The molecule has 5 rings (SSSR count). The third-order valence-electron chi connectivity index (χ3n) is 5.68. The van der Waals surface area contributed by atoms with Gasteiger partial charge in [0.1, 0.15) is 5.82 Å². The van der Waals surface area contributed by atoms with Crippen LogP contribution in [0.4, 0.5) is 10.1 Å². The molecule has 2 heterocycles. The first-order valence-corrected chi connectivity index (χ1v) is 11.2. The van der Waals surface area contributed by atoms with Crippen LogP contribution < -0.4 is 4.90 Å². The highest BCUT2D eigenvalue weighted by atomic mass is 35.5. The lowest BCUT2D eigenvalue weighted by Crippen LogP contribution is -2.50. The number of rotatable bonds is 3. The van der Waals surface area contributed by atoms with Gasteiger partial charge in [0.05, 0.1) is 12.2 Å². The molecule has 1 atom stereocenters. The molecule has 2 amide bonds. The number of hydrogen-bond acceptors (Lipinski definition) is 3. The summed E-state index contributed by atoms with van der Waals surface area (Å²) >= 11 is 7.35. The molecule has 3 aromatic carbocycles. The van der Waals surface area contributed by atoms with Crippen molar-refractivity contribution >= 4 is 40.9 Å². The molecule has 4 nitrogen and oxygen atoms in total. The summed E-state index contributed by atoms with van der Waals surface area (Å²) in [6.45, 7) is 0.747. The van der Waals surface area contributed by atoms with E-state index in [2.05, 4.69) is 0 Å². The Morgan fingerprint density at radius 2 is 1.81 bits per heavy atom. The Bertz CT molecular complexity index is 1170. The fourth-order valence-electron chi connectivity index (χ4n) is 4.26. The van der Waals surface area contributed by atoms with E-state index < -0.39 is 10.7 Å². The molecule has 2 aliphatic rings. The van der Waals surface area contributed by atoms with Gasteiger partial charge in [0, 0.05) is 28.4 Å². The zero-order valence-electron chi connectivity index (χ0n) is 16.4. The number of carbonyl (C=O) groups excluding carboxylic acids is 2. The van der Waals surface area contributed by atoms with E-state index in [1.807, 2.05) is 30.3 Å². The smallest absolute Gasteiger partial charge is 0.268 e. The van der Waals surface area contributed by atoms with Crippen LogP contribution in [0, 0.1) is 5.82 Å². The maximum absolute atomic E-state index is 14.3. The zero-order valence-corrected chi connectivity index (χ0v) is 18.0. The fourth-order valence-corrected chi connectivity index (χ4v) is 5.84. The van der Waals surface area contributed by atoms with E-state index in [0.717, 1.165) is 5.56 Å². The van der Waals surface area contributed by atoms with Crippen LogP contribution in [0.1, 0.15) is 21.5 Å². The topological polar surface area (TPSA) is 40.6 Å².